The van der Waals surface area contributed by atoms with Crippen LogP contribution in [0.3, 0.4) is 0 Å². The Hall–Kier alpha value is -1.46. The third-order valence-electron chi connectivity index (χ3n) is 4.81. The zero-order chi connectivity index (χ0) is 18.2. The summed E-state index contributed by atoms with van der Waals surface area (Å²) >= 11 is 1.66. The Balaban J connectivity index is 1.62. The van der Waals surface area contributed by atoms with E-state index in [1.165, 1.54) is 4.70 Å². The van der Waals surface area contributed by atoms with Gasteiger partial charge in [-0.3, -0.25) is 4.79 Å². The first-order chi connectivity index (χ1) is 11.6. The van der Waals surface area contributed by atoms with Crippen molar-refractivity contribution in [1.29, 1.82) is 0 Å². The van der Waals surface area contributed by atoms with Gasteiger partial charge in [-0.2, -0.15) is 0 Å². The van der Waals surface area contributed by atoms with E-state index >= 15 is 0 Å². The summed E-state index contributed by atoms with van der Waals surface area (Å²) in [7, 11) is 0. The number of para-hydroxylation sites is 1. The van der Waals surface area contributed by atoms with Crippen LogP contribution in [-0.4, -0.2) is 22.0 Å². The van der Waals surface area contributed by atoms with Crippen molar-refractivity contribution in [1.82, 2.24) is 15.6 Å². The SMILES string of the molecule is C[C@H](NC(=O)CC1CC(C)(C)NC(C)(C)C1)c1nc2ccccc2s1. The van der Waals surface area contributed by atoms with E-state index in [0.29, 0.717) is 12.3 Å². The quantitative estimate of drug-likeness (QED) is 0.849. The Morgan fingerprint density at radius 1 is 1.28 bits per heavy atom. The number of hydrogen-bond donors (Lipinski definition) is 2. The zero-order valence-electron chi connectivity index (χ0n) is 15.8. The number of nitrogens with zero attached hydrogens (tertiary/aromatic N) is 1. The van der Waals surface area contributed by atoms with Crippen LogP contribution in [-0.2, 0) is 4.79 Å². The van der Waals surface area contributed by atoms with Crippen molar-refractivity contribution in [2.24, 2.45) is 5.92 Å². The number of amides is 1. The third-order valence-corrected chi connectivity index (χ3v) is 6.03. The van der Waals surface area contributed by atoms with Gasteiger partial charge in [0.1, 0.15) is 5.01 Å². The minimum Gasteiger partial charge on any atom is -0.347 e. The fraction of sp³-hybridized carbons (Fsp3) is 0.600. The predicted octanol–water partition coefficient (Wildman–Crippen LogP) is 4.42. The molecule has 0 radical (unpaired) electrons. The lowest BCUT2D eigenvalue weighted by molar-refractivity contribution is -0.123. The highest BCUT2D eigenvalue weighted by Crippen LogP contribution is 2.35. The summed E-state index contributed by atoms with van der Waals surface area (Å²) in [5.41, 5.74) is 1.15. The maximum Gasteiger partial charge on any atom is 0.220 e. The van der Waals surface area contributed by atoms with Crippen LogP contribution >= 0.6 is 11.3 Å². The molecule has 0 aliphatic carbocycles. The van der Waals surface area contributed by atoms with E-state index in [1.54, 1.807) is 11.3 Å². The second kappa shape index (κ2) is 6.69. The summed E-state index contributed by atoms with van der Waals surface area (Å²) in [6.45, 7) is 10.9. The normalized spacial score (nSPS) is 21.2. The molecule has 4 nitrogen and oxygen atoms in total. The Labute approximate surface area is 154 Å². The summed E-state index contributed by atoms with van der Waals surface area (Å²) < 4.78 is 1.17. The van der Waals surface area contributed by atoms with E-state index in [1.807, 2.05) is 25.1 Å². The molecule has 136 valence electrons. The fourth-order valence-electron chi connectivity index (χ4n) is 4.38. The summed E-state index contributed by atoms with van der Waals surface area (Å²) in [5, 5.41) is 7.80. The van der Waals surface area contributed by atoms with Gasteiger partial charge in [0.2, 0.25) is 5.91 Å². The molecule has 0 bridgehead atoms. The molecule has 1 amide bonds. The fourth-order valence-corrected chi connectivity index (χ4v) is 5.35. The molecule has 1 aromatic carbocycles. The van der Waals surface area contributed by atoms with Crippen molar-refractivity contribution in [2.75, 3.05) is 0 Å². The molecule has 0 spiro atoms. The zero-order valence-corrected chi connectivity index (χ0v) is 16.7. The number of fused-ring (bicyclic) bond motifs is 1. The van der Waals surface area contributed by atoms with Crippen LogP contribution in [0.1, 0.15) is 64.9 Å². The van der Waals surface area contributed by atoms with Gasteiger partial charge in [0.25, 0.3) is 0 Å². The van der Waals surface area contributed by atoms with Gasteiger partial charge >= 0.3 is 0 Å². The highest BCUT2D eigenvalue weighted by atomic mass is 32.1. The van der Waals surface area contributed by atoms with Gasteiger partial charge in [-0.25, -0.2) is 4.98 Å². The highest BCUT2D eigenvalue weighted by molar-refractivity contribution is 7.18. The first-order valence-corrected chi connectivity index (χ1v) is 9.89. The highest BCUT2D eigenvalue weighted by Gasteiger charge is 2.38. The van der Waals surface area contributed by atoms with E-state index in [9.17, 15) is 4.79 Å². The lowest BCUT2D eigenvalue weighted by atomic mass is 9.74. The molecule has 1 fully saturated rings. The number of piperidine rings is 1. The molecular weight excluding hydrogens is 330 g/mol. The van der Waals surface area contributed by atoms with E-state index < -0.39 is 0 Å². The average Bonchev–Trinajstić information content (AvgIpc) is 2.87. The Kier molecular flexibility index (Phi) is 4.91. The van der Waals surface area contributed by atoms with Gasteiger partial charge in [0.15, 0.2) is 0 Å². The first kappa shape index (κ1) is 18.3. The van der Waals surface area contributed by atoms with E-state index in [4.69, 9.17) is 0 Å². The minimum absolute atomic E-state index is 0.0485. The van der Waals surface area contributed by atoms with Crippen LogP contribution in [0.15, 0.2) is 24.3 Å². The Bertz CT molecular complexity index is 716. The number of hydrogen-bond acceptors (Lipinski definition) is 4. The molecule has 2 aromatic rings. The van der Waals surface area contributed by atoms with Gasteiger partial charge in [0.05, 0.1) is 16.3 Å². The number of aromatic nitrogens is 1. The van der Waals surface area contributed by atoms with Gasteiger partial charge in [-0.1, -0.05) is 12.1 Å². The van der Waals surface area contributed by atoms with Crippen molar-refractivity contribution < 1.29 is 4.79 Å². The molecular formula is C20H29N3OS. The molecule has 25 heavy (non-hydrogen) atoms. The molecule has 5 heteroatoms. The van der Waals surface area contributed by atoms with E-state index in [2.05, 4.69) is 49.4 Å². The number of thiazole rings is 1. The molecule has 1 atom stereocenters. The van der Waals surface area contributed by atoms with Gasteiger partial charge < -0.3 is 10.6 Å². The van der Waals surface area contributed by atoms with Crippen molar-refractivity contribution >= 4 is 27.5 Å². The molecule has 3 rings (SSSR count). The van der Waals surface area contributed by atoms with Crippen LogP contribution in [0, 0.1) is 5.92 Å². The summed E-state index contributed by atoms with van der Waals surface area (Å²) in [5.74, 6) is 0.541. The predicted molar refractivity (Wildman–Crippen MR) is 105 cm³/mol. The standard InChI is InChI=1S/C20H29N3OS/c1-13(18-22-15-8-6-7-9-16(15)25-18)21-17(24)10-14-11-19(2,3)23-20(4,5)12-14/h6-9,13-14,23H,10-12H2,1-5H3,(H,21,24)/t13-/m0/s1. The van der Waals surface area contributed by atoms with Crippen LogP contribution in [0.25, 0.3) is 10.2 Å². The average molecular weight is 360 g/mol. The molecule has 0 unspecified atom stereocenters. The summed E-state index contributed by atoms with van der Waals surface area (Å²) in [6, 6.07) is 8.06. The molecule has 0 saturated carbocycles. The molecule has 1 aliphatic heterocycles. The molecule has 1 aliphatic rings. The number of rotatable bonds is 4. The molecule has 1 aromatic heterocycles. The lowest BCUT2D eigenvalue weighted by Crippen LogP contribution is -2.58. The number of carbonyl (C=O) groups excluding carboxylic acids is 1. The Morgan fingerprint density at radius 3 is 2.56 bits per heavy atom. The maximum absolute atomic E-state index is 12.6. The van der Waals surface area contributed by atoms with Gasteiger partial charge in [-0.15, -0.1) is 11.3 Å². The second-order valence-corrected chi connectivity index (χ2v) is 9.74. The van der Waals surface area contributed by atoms with E-state index in [-0.39, 0.29) is 23.0 Å². The maximum atomic E-state index is 12.6. The van der Waals surface area contributed by atoms with Crippen molar-refractivity contribution in [3.63, 3.8) is 0 Å². The van der Waals surface area contributed by atoms with E-state index in [0.717, 1.165) is 23.4 Å². The second-order valence-electron chi connectivity index (χ2n) is 8.68. The van der Waals surface area contributed by atoms with Gasteiger partial charge in [0, 0.05) is 17.5 Å². The topological polar surface area (TPSA) is 54.0 Å². The smallest absolute Gasteiger partial charge is 0.220 e. The van der Waals surface area contributed by atoms with Crippen LogP contribution in [0.4, 0.5) is 0 Å². The molecule has 2 N–H and O–H groups in total. The number of nitrogens with one attached hydrogen (secondary N) is 2. The van der Waals surface area contributed by atoms with Crippen molar-refractivity contribution in [3.05, 3.63) is 29.3 Å². The van der Waals surface area contributed by atoms with Crippen molar-refractivity contribution in [3.8, 4) is 0 Å². The van der Waals surface area contributed by atoms with Crippen molar-refractivity contribution in [2.45, 2.75) is 71.0 Å². The minimum atomic E-state index is -0.0485. The monoisotopic (exact) mass is 359 g/mol. The third kappa shape index (κ3) is 4.59. The lowest BCUT2D eigenvalue weighted by Gasteiger charge is -2.46. The molecule has 2 heterocycles. The summed E-state index contributed by atoms with van der Waals surface area (Å²) in [6.07, 6.45) is 2.64. The van der Waals surface area contributed by atoms with Crippen LogP contribution < -0.4 is 10.6 Å². The number of carbonyl (C=O) groups is 1. The van der Waals surface area contributed by atoms with Crippen LogP contribution in [0.5, 0.6) is 0 Å². The molecule has 1 saturated heterocycles. The summed E-state index contributed by atoms with van der Waals surface area (Å²) in [4.78, 5) is 17.2. The number of benzene rings is 1. The Morgan fingerprint density at radius 2 is 1.92 bits per heavy atom. The largest absolute Gasteiger partial charge is 0.347 e. The van der Waals surface area contributed by atoms with Crippen LogP contribution in [0.2, 0.25) is 0 Å². The van der Waals surface area contributed by atoms with Gasteiger partial charge in [-0.05, 0) is 65.5 Å². The first-order valence-electron chi connectivity index (χ1n) is 9.08.